The average molecular weight is 704 g/mol. The molecule has 2 atom stereocenters. The molecule has 0 aliphatic heterocycles. The maximum Gasteiger partial charge on any atom is 1.00 e. The van der Waals surface area contributed by atoms with Crippen LogP contribution >= 0.6 is 0 Å². The van der Waals surface area contributed by atoms with Crippen LogP contribution < -0.4 is 51.4 Å². The predicted octanol–water partition coefficient (Wildman–Crippen LogP) is 7.59. The Kier molecular flexibility index (Phi) is 68.5. The molecule has 2 fully saturated rings. The van der Waals surface area contributed by atoms with E-state index in [-0.39, 0.29) is 58.8 Å². The van der Waals surface area contributed by atoms with Gasteiger partial charge in [0.25, 0.3) is 0 Å². The van der Waals surface area contributed by atoms with Crippen LogP contribution in [-0.4, -0.2) is 6.54 Å². The molecule has 0 spiro atoms. The molecule has 0 aromatic carbocycles. The van der Waals surface area contributed by atoms with E-state index in [1.165, 1.54) is 64.2 Å². The van der Waals surface area contributed by atoms with Gasteiger partial charge in [0.05, 0.1) is 0 Å². The second-order valence-electron chi connectivity index (χ2n) is 7.69. The van der Waals surface area contributed by atoms with Crippen LogP contribution in [0.15, 0.2) is 26.3 Å². The van der Waals surface area contributed by atoms with Crippen molar-refractivity contribution in [3.8, 4) is 0 Å². The van der Waals surface area contributed by atoms with Gasteiger partial charge >= 0.3 is 51.4 Å². The summed E-state index contributed by atoms with van der Waals surface area (Å²) in [4.78, 5) is 0. The molecule has 0 amide bonds. The van der Waals surface area contributed by atoms with Crippen LogP contribution in [0.25, 0.3) is 5.73 Å². The van der Waals surface area contributed by atoms with Gasteiger partial charge < -0.3 is 13.2 Å². The van der Waals surface area contributed by atoms with Crippen LogP contribution in [0.5, 0.6) is 0 Å². The maximum atomic E-state index is 7.19. The summed E-state index contributed by atoms with van der Waals surface area (Å²) in [5, 5.41) is 0. The molecule has 0 aromatic rings. The van der Waals surface area contributed by atoms with Crippen LogP contribution in [0.1, 0.15) is 113 Å². The van der Waals surface area contributed by atoms with Crippen molar-refractivity contribution < 1.29 is 51.4 Å². The van der Waals surface area contributed by atoms with Crippen molar-refractivity contribution in [2.24, 2.45) is 23.7 Å². The molecule has 30 heavy (non-hydrogen) atoms. The largest absolute Gasteiger partial charge is 1.00 e. The van der Waals surface area contributed by atoms with Crippen molar-refractivity contribution in [2.45, 2.75) is 113 Å². The Hall–Kier alpha value is 0.0764. The van der Waals surface area contributed by atoms with Gasteiger partial charge in [-0.15, -0.1) is 32.9 Å². The van der Waals surface area contributed by atoms with Crippen molar-refractivity contribution in [3.63, 3.8) is 0 Å². The Morgan fingerprint density at radius 1 is 0.833 bits per heavy atom. The van der Waals surface area contributed by atoms with Gasteiger partial charge in [-0.1, -0.05) is 112 Å². The van der Waals surface area contributed by atoms with E-state index in [1.54, 1.807) is 0 Å². The van der Waals surface area contributed by atoms with Crippen molar-refractivity contribution in [3.05, 3.63) is 39.5 Å². The van der Waals surface area contributed by atoms with E-state index in [0.717, 1.165) is 23.7 Å². The van der Waals surface area contributed by atoms with E-state index in [1.807, 2.05) is 13.8 Å². The summed E-state index contributed by atoms with van der Waals surface area (Å²) < 4.78 is 0. The van der Waals surface area contributed by atoms with E-state index in [9.17, 15) is 0 Å². The van der Waals surface area contributed by atoms with Crippen LogP contribution in [0.3, 0.4) is 0 Å². The molecule has 0 bridgehead atoms. The topological polar surface area (TPSA) is 23.8 Å². The third-order valence-electron chi connectivity index (χ3n) is 4.93. The molecule has 0 heterocycles. The van der Waals surface area contributed by atoms with Gasteiger partial charge in [0, 0.05) is 0 Å². The summed E-state index contributed by atoms with van der Waals surface area (Å²) in [5.74, 6) is 3.62. The maximum absolute atomic E-state index is 7.19. The molecule has 0 radical (unpaired) electrons. The summed E-state index contributed by atoms with van der Waals surface area (Å²) in [6, 6.07) is 0. The summed E-state index contributed by atoms with van der Waals surface area (Å²) in [6.45, 7) is 27.9. The second-order valence-corrected chi connectivity index (χ2v) is 7.69. The summed E-state index contributed by atoms with van der Waals surface area (Å²) >= 11 is 0. The van der Waals surface area contributed by atoms with Gasteiger partial charge in [-0.05, 0) is 24.2 Å². The molecule has 2 rings (SSSR count). The standard InChI is InChI=1S/C9H18.C8H16N.C3H8.C2H6.2C2H4.CH3.K.Rf/c1-8(2)9-6-4-3-5-7-9;1-7-3-2-4-8(5-7)6-9;1-3-2;3*1-2;;;/h8-9H,3-7H2,1-2H3;7-9H,2-6H2,1H3;3H2,1-2H3;1-2H3;2*1-2H2;1H3;;/q;-1;;;;;-1;+1;. The number of hydrogen-bond acceptors (Lipinski definition) is 0. The zero-order chi connectivity index (χ0) is 22.1. The molecule has 2 aliphatic carbocycles. The normalized spacial score (nSPS) is 19.0. The van der Waals surface area contributed by atoms with Crippen LogP contribution in [0, 0.1) is 31.1 Å². The predicted molar refractivity (Wildman–Crippen MR) is 138 cm³/mol. The van der Waals surface area contributed by atoms with Gasteiger partial charge in [0.1, 0.15) is 0 Å². The average Bonchev–Trinajstić information content (AvgIpc) is 2.74. The fourth-order valence-corrected chi connectivity index (χ4v) is 3.55. The molecule has 1 N–H and O–H groups in total. The number of hydrogen-bond donors (Lipinski definition) is 0. The minimum absolute atomic E-state index is 0. The zero-order valence-electron chi connectivity index (χ0n) is 23.1. The van der Waals surface area contributed by atoms with E-state index < -0.39 is 0 Å². The van der Waals surface area contributed by atoms with Gasteiger partial charge in [-0.3, -0.25) is 0 Å². The Labute approximate surface area is 231 Å². The zero-order valence-corrected chi connectivity index (χ0v) is 32.6. The van der Waals surface area contributed by atoms with Gasteiger partial charge in [0.15, 0.2) is 0 Å². The van der Waals surface area contributed by atoms with E-state index in [4.69, 9.17) is 5.73 Å². The molecule has 0 saturated heterocycles. The van der Waals surface area contributed by atoms with Crippen LogP contribution in [0.4, 0.5) is 0 Å². The van der Waals surface area contributed by atoms with E-state index in [2.05, 4.69) is 60.9 Å². The number of nitrogens with one attached hydrogen (secondary N) is 1. The fourth-order valence-electron chi connectivity index (χ4n) is 3.55. The monoisotopic (exact) mass is 704 g/mol. The van der Waals surface area contributed by atoms with Gasteiger partial charge in [0.2, 0.25) is 0 Å². The summed E-state index contributed by atoms with van der Waals surface area (Å²) in [6.07, 6.45) is 14.1. The first-order valence-electron chi connectivity index (χ1n) is 11.7. The van der Waals surface area contributed by atoms with Crippen molar-refractivity contribution in [2.75, 3.05) is 6.54 Å². The minimum atomic E-state index is 0. The van der Waals surface area contributed by atoms with E-state index in [0.29, 0.717) is 6.54 Å². The molecule has 176 valence electrons. The van der Waals surface area contributed by atoms with Crippen molar-refractivity contribution in [1.82, 2.24) is 0 Å². The summed E-state index contributed by atoms with van der Waals surface area (Å²) in [5.41, 5.74) is 7.19. The van der Waals surface area contributed by atoms with Gasteiger partial charge in [-0.25, -0.2) is 0 Å². The van der Waals surface area contributed by atoms with Crippen molar-refractivity contribution >= 4 is 0 Å². The Bertz CT molecular complexity index is 241. The summed E-state index contributed by atoms with van der Waals surface area (Å²) in [7, 11) is 0. The Balaban J connectivity index is -0.0000000478. The molecular formula is C27H59KNRf-. The second kappa shape index (κ2) is 43.0. The van der Waals surface area contributed by atoms with Crippen LogP contribution in [0.2, 0.25) is 0 Å². The van der Waals surface area contributed by atoms with E-state index >= 15 is 0 Å². The molecule has 2 saturated carbocycles. The Morgan fingerprint density at radius 3 is 1.47 bits per heavy atom. The SMILES string of the molecule is C=C.C=C.CC.CC(C)C1CCCCC1.CC1CCCC(C[NH-])C1.CCC.[CH3-].[K+].[Rf]. The van der Waals surface area contributed by atoms with Crippen molar-refractivity contribution in [1.29, 1.82) is 0 Å². The quantitative estimate of drug-likeness (QED) is 0.161. The first-order valence-corrected chi connectivity index (χ1v) is 11.7. The van der Waals surface area contributed by atoms with Gasteiger partial charge in [-0.2, -0.15) is 0 Å². The number of rotatable bonds is 2. The third-order valence-corrected chi connectivity index (χ3v) is 4.93. The molecule has 2 aliphatic rings. The molecule has 2 unspecified atom stereocenters. The molecule has 1 nitrogen and oxygen atoms in total. The first-order chi connectivity index (χ1) is 13.0. The minimum Gasteiger partial charge on any atom is -0.677 e. The molecule has 3 heteroatoms. The first kappa shape index (κ1) is 47.7. The third kappa shape index (κ3) is 35.5. The molecular weight excluding hydrogens is 644 g/mol. The smallest absolute Gasteiger partial charge is 0.677 e. The van der Waals surface area contributed by atoms with Crippen LogP contribution in [-0.2, 0) is 0 Å². The Morgan fingerprint density at radius 2 is 1.23 bits per heavy atom. The molecule has 0 aromatic heterocycles. The fraction of sp³-hybridized carbons (Fsp3) is 0.815.